The van der Waals surface area contributed by atoms with Gasteiger partial charge in [-0.15, -0.1) is 11.3 Å². The van der Waals surface area contributed by atoms with Gasteiger partial charge in [0.25, 0.3) is 0 Å². The molecule has 7 heteroatoms. The molecule has 0 radical (unpaired) electrons. The fourth-order valence-corrected chi connectivity index (χ4v) is 4.65. The molecule has 0 bridgehead atoms. The number of aromatic nitrogens is 2. The Morgan fingerprint density at radius 1 is 1.24 bits per heavy atom. The van der Waals surface area contributed by atoms with Crippen LogP contribution in [0.5, 0.6) is 0 Å². The first-order valence-electron chi connectivity index (χ1n) is 10.0. The van der Waals surface area contributed by atoms with Crippen molar-refractivity contribution in [3.05, 3.63) is 52.1 Å². The van der Waals surface area contributed by atoms with Gasteiger partial charge in [-0.2, -0.15) is 0 Å². The highest BCUT2D eigenvalue weighted by atomic mass is 32.1. The van der Waals surface area contributed by atoms with E-state index in [0.717, 1.165) is 53.3 Å². The van der Waals surface area contributed by atoms with Crippen LogP contribution in [0.2, 0.25) is 0 Å². The van der Waals surface area contributed by atoms with E-state index in [9.17, 15) is 4.79 Å². The van der Waals surface area contributed by atoms with E-state index in [-0.39, 0.29) is 5.97 Å². The third-order valence-electron chi connectivity index (χ3n) is 5.48. The zero-order chi connectivity index (χ0) is 20.4. The molecule has 0 amide bonds. The number of nitrogens with zero attached hydrogens (tertiary/aromatic N) is 4. The van der Waals surface area contributed by atoms with Crippen molar-refractivity contribution in [2.45, 2.75) is 26.8 Å². The number of carbonyl (C=O) groups is 1. The van der Waals surface area contributed by atoms with Crippen LogP contribution < -0.4 is 4.90 Å². The average Bonchev–Trinajstić information content (AvgIpc) is 3.27. The lowest BCUT2D eigenvalue weighted by molar-refractivity contribution is 0.0526. The molecule has 0 spiro atoms. The van der Waals surface area contributed by atoms with E-state index in [0.29, 0.717) is 18.2 Å². The van der Waals surface area contributed by atoms with Gasteiger partial charge in [-0.3, -0.25) is 9.88 Å². The Hall–Kier alpha value is -2.51. The van der Waals surface area contributed by atoms with Crippen molar-refractivity contribution in [2.24, 2.45) is 0 Å². The highest BCUT2D eigenvalue weighted by Crippen LogP contribution is 2.33. The van der Waals surface area contributed by atoms with Gasteiger partial charge in [0.2, 0.25) is 0 Å². The molecule has 6 nitrogen and oxygen atoms in total. The van der Waals surface area contributed by atoms with Crippen molar-refractivity contribution in [1.82, 2.24) is 14.9 Å². The quantitative estimate of drug-likeness (QED) is 0.591. The lowest BCUT2D eigenvalue weighted by atomic mass is 10.0. The maximum Gasteiger partial charge on any atom is 0.341 e. The number of carbonyl (C=O) groups excluding carboxylic acids is 1. The molecule has 0 N–H and O–H groups in total. The van der Waals surface area contributed by atoms with Crippen molar-refractivity contribution in [1.29, 1.82) is 0 Å². The first kappa shape index (κ1) is 19.8. The van der Waals surface area contributed by atoms with Crippen LogP contribution in [0.25, 0.3) is 10.9 Å². The molecule has 1 aromatic carbocycles. The van der Waals surface area contributed by atoms with Crippen LogP contribution in [0.4, 0.5) is 5.69 Å². The van der Waals surface area contributed by atoms with E-state index in [1.54, 1.807) is 17.5 Å². The second kappa shape index (κ2) is 8.47. The normalized spacial score (nSPS) is 16.2. The number of benzene rings is 1. The minimum absolute atomic E-state index is 0.304. The SMILES string of the molecule is CCOC(=O)c1cnc2ccc(C)cc2c1N1CCN(C(C)c2nccs2)CC1. The molecule has 0 aliphatic carbocycles. The molecule has 1 atom stereocenters. The number of esters is 1. The summed E-state index contributed by atoms with van der Waals surface area (Å²) in [6.45, 7) is 9.97. The maximum absolute atomic E-state index is 12.7. The topological polar surface area (TPSA) is 58.6 Å². The number of aryl methyl sites for hydroxylation is 1. The molecule has 1 aliphatic heterocycles. The van der Waals surface area contributed by atoms with E-state index < -0.39 is 0 Å². The number of hydrogen-bond donors (Lipinski definition) is 0. The number of hydrogen-bond acceptors (Lipinski definition) is 7. The summed E-state index contributed by atoms with van der Waals surface area (Å²) in [6, 6.07) is 6.49. The largest absolute Gasteiger partial charge is 0.462 e. The van der Waals surface area contributed by atoms with Crippen molar-refractivity contribution >= 4 is 33.9 Å². The van der Waals surface area contributed by atoms with Gasteiger partial charge in [-0.25, -0.2) is 9.78 Å². The third-order valence-corrected chi connectivity index (χ3v) is 6.42. The molecule has 1 aliphatic rings. The summed E-state index contributed by atoms with van der Waals surface area (Å²) in [6.07, 6.45) is 3.53. The predicted molar refractivity (Wildman–Crippen MR) is 117 cm³/mol. The minimum Gasteiger partial charge on any atom is -0.462 e. The van der Waals surface area contributed by atoms with Crippen molar-refractivity contribution in [2.75, 3.05) is 37.7 Å². The Morgan fingerprint density at radius 2 is 2.03 bits per heavy atom. The van der Waals surface area contributed by atoms with E-state index in [4.69, 9.17) is 4.74 Å². The molecule has 3 heterocycles. The molecular weight excluding hydrogens is 384 g/mol. The first-order chi connectivity index (χ1) is 14.1. The predicted octanol–water partition coefficient (Wildman–Crippen LogP) is 4.06. The van der Waals surface area contributed by atoms with Crippen molar-refractivity contribution in [3.8, 4) is 0 Å². The van der Waals surface area contributed by atoms with Crippen LogP contribution in [-0.4, -0.2) is 53.6 Å². The van der Waals surface area contributed by atoms with Crippen LogP contribution >= 0.6 is 11.3 Å². The van der Waals surface area contributed by atoms with Gasteiger partial charge in [0.15, 0.2) is 0 Å². The molecular formula is C22H26N4O2S. The second-order valence-corrected chi connectivity index (χ2v) is 8.26. The smallest absolute Gasteiger partial charge is 0.341 e. The summed E-state index contributed by atoms with van der Waals surface area (Å²) in [4.78, 5) is 26.4. The summed E-state index contributed by atoms with van der Waals surface area (Å²) in [5.41, 5.74) is 3.54. The lowest BCUT2D eigenvalue weighted by Gasteiger charge is -2.39. The van der Waals surface area contributed by atoms with Gasteiger partial charge >= 0.3 is 5.97 Å². The summed E-state index contributed by atoms with van der Waals surface area (Å²) in [5.74, 6) is -0.308. The van der Waals surface area contributed by atoms with Gasteiger partial charge in [0.1, 0.15) is 10.6 Å². The molecule has 2 aromatic heterocycles. The molecule has 29 heavy (non-hydrogen) atoms. The molecule has 1 saturated heterocycles. The van der Waals surface area contributed by atoms with Crippen LogP contribution in [-0.2, 0) is 4.74 Å². The Bertz CT molecular complexity index is 997. The maximum atomic E-state index is 12.7. The average molecular weight is 411 g/mol. The highest BCUT2D eigenvalue weighted by molar-refractivity contribution is 7.09. The second-order valence-electron chi connectivity index (χ2n) is 7.33. The van der Waals surface area contributed by atoms with Crippen LogP contribution in [0.1, 0.15) is 40.8 Å². The number of thiazole rings is 1. The monoisotopic (exact) mass is 410 g/mol. The third kappa shape index (κ3) is 3.97. The number of piperazine rings is 1. The van der Waals surface area contributed by atoms with E-state index in [2.05, 4.69) is 45.7 Å². The number of fused-ring (bicyclic) bond motifs is 1. The Labute approximate surface area is 175 Å². The molecule has 1 unspecified atom stereocenters. The number of ether oxygens (including phenoxy) is 1. The van der Waals surface area contributed by atoms with Gasteiger partial charge < -0.3 is 9.64 Å². The minimum atomic E-state index is -0.308. The van der Waals surface area contributed by atoms with Crippen LogP contribution in [0, 0.1) is 6.92 Å². The number of anilines is 1. The van der Waals surface area contributed by atoms with Crippen LogP contribution in [0.3, 0.4) is 0 Å². The molecule has 1 fully saturated rings. The molecule has 0 saturated carbocycles. The van der Waals surface area contributed by atoms with Gasteiger partial charge in [0, 0.05) is 49.3 Å². The summed E-state index contributed by atoms with van der Waals surface area (Å²) in [5, 5.41) is 4.19. The summed E-state index contributed by atoms with van der Waals surface area (Å²) in [7, 11) is 0. The highest BCUT2D eigenvalue weighted by Gasteiger charge is 2.27. The van der Waals surface area contributed by atoms with E-state index >= 15 is 0 Å². The summed E-state index contributed by atoms with van der Waals surface area (Å²) < 4.78 is 5.32. The standard InChI is InChI=1S/C22H26N4O2S/c1-4-28-22(27)18-14-24-19-6-5-15(2)13-17(19)20(18)26-10-8-25(9-11-26)16(3)21-23-7-12-29-21/h5-7,12-14,16H,4,8-11H2,1-3H3. The fourth-order valence-electron chi connectivity index (χ4n) is 3.92. The Kier molecular flexibility index (Phi) is 5.78. The molecule has 152 valence electrons. The Morgan fingerprint density at radius 3 is 2.72 bits per heavy atom. The van der Waals surface area contributed by atoms with Crippen molar-refractivity contribution < 1.29 is 9.53 Å². The van der Waals surface area contributed by atoms with E-state index in [1.807, 2.05) is 24.6 Å². The number of rotatable bonds is 5. The van der Waals surface area contributed by atoms with Crippen LogP contribution in [0.15, 0.2) is 36.0 Å². The van der Waals surface area contributed by atoms with Gasteiger partial charge in [0.05, 0.1) is 23.9 Å². The number of pyridine rings is 1. The molecule has 4 rings (SSSR count). The van der Waals surface area contributed by atoms with Gasteiger partial charge in [-0.1, -0.05) is 11.6 Å². The van der Waals surface area contributed by atoms with Crippen molar-refractivity contribution in [3.63, 3.8) is 0 Å². The molecule has 3 aromatic rings. The summed E-state index contributed by atoms with van der Waals surface area (Å²) >= 11 is 1.70. The zero-order valence-electron chi connectivity index (χ0n) is 17.1. The van der Waals surface area contributed by atoms with Gasteiger partial charge in [-0.05, 0) is 32.9 Å². The van der Waals surface area contributed by atoms with E-state index in [1.165, 1.54) is 0 Å². The Balaban J connectivity index is 1.65. The zero-order valence-corrected chi connectivity index (χ0v) is 17.9. The fraction of sp³-hybridized carbons (Fsp3) is 0.409. The first-order valence-corrected chi connectivity index (χ1v) is 10.9. The lowest BCUT2D eigenvalue weighted by Crippen LogP contribution is -2.47.